The van der Waals surface area contributed by atoms with E-state index in [0.29, 0.717) is 0 Å². The SMILES string of the molecule is Cc1ccc(SC(C)C(=O)c2ccc(C)c(C)c2)cc1. The molecule has 0 amide bonds. The van der Waals surface area contributed by atoms with Crippen LogP contribution in [0.3, 0.4) is 0 Å². The van der Waals surface area contributed by atoms with Gasteiger partial charge in [0.25, 0.3) is 0 Å². The lowest BCUT2D eigenvalue weighted by atomic mass is 10.0. The van der Waals surface area contributed by atoms with Crippen molar-refractivity contribution in [3.05, 3.63) is 64.7 Å². The van der Waals surface area contributed by atoms with Gasteiger partial charge in [0.05, 0.1) is 5.25 Å². The summed E-state index contributed by atoms with van der Waals surface area (Å²) in [7, 11) is 0. The van der Waals surface area contributed by atoms with E-state index in [9.17, 15) is 4.79 Å². The van der Waals surface area contributed by atoms with Gasteiger partial charge in [-0.15, -0.1) is 11.8 Å². The molecule has 2 rings (SSSR count). The Kier molecular flexibility index (Phi) is 4.66. The number of hydrogen-bond donors (Lipinski definition) is 0. The lowest BCUT2D eigenvalue weighted by Gasteiger charge is -2.11. The molecule has 1 unspecified atom stereocenters. The molecule has 1 nitrogen and oxygen atoms in total. The summed E-state index contributed by atoms with van der Waals surface area (Å²) in [6.45, 7) is 8.15. The first-order valence-corrected chi connectivity index (χ1v) is 7.70. The lowest BCUT2D eigenvalue weighted by molar-refractivity contribution is 0.0994. The van der Waals surface area contributed by atoms with Crippen molar-refractivity contribution in [2.45, 2.75) is 37.8 Å². The van der Waals surface area contributed by atoms with Gasteiger partial charge in [0.1, 0.15) is 0 Å². The molecule has 2 aromatic rings. The van der Waals surface area contributed by atoms with E-state index in [0.717, 1.165) is 10.5 Å². The maximum absolute atomic E-state index is 12.5. The third-order valence-corrected chi connectivity index (χ3v) is 4.61. The van der Waals surface area contributed by atoms with Crippen molar-refractivity contribution in [3.8, 4) is 0 Å². The van der Waals surface area contributed by atoms with E-state index in [1.165, 1.54) is 16.7 Å². The number of benzene rings is 2. The zero-order valence-electron chi connectivity index (χ0n) is 12.4. The number of carbonyl (C=O) groups excluding carboxylic acids is 1. The summed E-state index contributed by atoms with van der Waals surface area (Å²) < 4.78 is 0. The molecule has 0 saturated carbocycles. The summed E-state index contributed by atoms with van der Waals surface area (Å²) in [4.78, 5) is 13.6. The quantitative estimate of drug-likeness (QED) is 0.582. The van der Waals surface area contributed by atoms with Crippen LogP contribution >= 0.6 is 11.8 Å². The van der Waals surface area contributed by atoms with Gasteiger partial charge in [-0.05, 0) is 57.0 Å². The number of thioether (sulfide) groups is 1. The van der Waals surface area contributed by atoms with Gasteiger partial charge in [0, 0.05) is 10.5 Å². The summed E-state index contributed by atoms with van der Waals surface area (Å²) in [5, 5.41) is -0.0696. The molecule has 0 aliphatic carbocycles. The molecule has 2 aromatic carbocycles. The molecule has 0 bridgehead atoms. The van der Waals surface area contributed by atoms with Crippen LogP contribution < -0.4 is 0 Å². The number of rotatable bonds is 4. The summed E-state index contributed by atoms with van der Waals surface area (Å²) >= 11 is 1.62. The van der Waals surface area contributed by atoms with Crippen LogP contribution in [0.15, 0.2) is 47.4 Å². The highest BCUT2D eigenvalue weighted by Gasteiger charge is 2.16. The Labute approximate surface area is 125 Å². The third kappa shape index (κ3) is 3.51. The highest BCUT2D eigenvalue weighted by atomic mass is 32.2. The Morgan fingerprint density at radius 1 is 0.950 bits per heavy atom. The van der Waals surface area contributed by atoms with Gasteiger partial charge in [-0.25, -0.2) is 0 Å². The molecule has 0 aliphatic heterocycles. The molecular formula is C18H20OS. The molecule has 1 atom stereocenters. The molecule has 0 spiro atoms. The van der Waals surface area contributed by atoms with Gasteiger partial charge >= 0.3 is 0 Å². The molecule has 0 fully saturated rings. The van der Waals surface area contributed by atoms with Gasteiger partial charge in [0.2, 0.25) is 0 Å². The number of carbonyl (C=O) groups is 1. The molecule has 20 heavy (non-hydrogen) atoms. The standard InChI is InChI=1S/C18H20OS/c1-12-5-9-17(10-6-12)20-15(4)18(19)16-8-7-13(2)14(3)11-16/h5-11,15H,1-4H3. The molecule has 0 radical (unpaired) electrons. The van der Waals surface area contributed by atoms with Crippen molar-refractivity contribution < 1.29 is 4.79 Å². The van der Waals surface area contributed by atoms with Crippen LogP contribution in [0.5, 0.6) is 0 Å². The van der Waals surface area contributed by atoms with Crippen LogP contribution in [0.4, 0.5) is 0 Å². The van der Waals surface area contributed by atoms with Gasteiger partial charge in [-0.2, -0.15) is 0 Å². The zero-order valence-corrected chi connectivity index (χ0v) is 13.3. The van der Waals surface area contributed by atoms with Crippen molar-refractivity contribution in [1.29, 1.82) is 0 Å². The van der Waals surface area contributed by atoms with Crippen LogP contribution in [-0.4, -0.2) is 11.0 Å². The molecule has 0 saturated heterocycles. The first kappa shape index (κ1) is 14.9. The third-order valence-electron chi connectivity index (χ3n) is 3.49. The smallest absolute Gasteiger partial charge is 0.175 e. The van der Waals surface area contributed by atoms with Crippen LogP contribution in [-0.2, 0) is 0 Å². The lowest BCUT2D eigenvalue weighted by Crippen LogP contribution is -2.13. The number of aryl methyl sites for hydroxylation is 3. The molecular weight excluding hydrogens is 264 g/mol. The van der Waals surface area contributed by atoms with E-state index < -0.39 is 0 Å². The number of hydrogen-bond acceptors (Lipinski definition) is 2. The largest absolute Gasteiger partial charge is 0.293 e. The van der Waals surface area contributed by atoms with Crippen LogP contribution in [0.2, 0.25) is 0 Å². The van der Waals surface area contributed by atoms with Crippen LogP contribution in [0.1, 0.15) is 34.0 Å². The second kappa shape index (κ2) is 6.27. The van der Waals surface area contributed by atoms with E-state index in [1.807, 2.05) is 32.0 Å². The molecule has 0 heterocycles. The number of Topliss-reactive ketones (excluding diaryl/α,β-unsaturated/α-hetero) is 1. The first-order valence-electron chi connectivity index (χ1n) is 6.82. The Hall–Kier alpha value is -1.54. The van der Waals surface area contributed by atoms with Crippen LogP contribution in [0, 0.1) is 20.8 Å². The Bertz CT molecular complexity index is 614. The second-order valence-corrected chi connectivity index (χ2v) is 6.65. The van der Waals surface area contributed by atoms with Crippen molar-refractivity contribution >= 4 is 17.5 Å². The Morgan fingerprint density at radius 2 is 1.60 bits per heavy atom. The molecule has 2 heteroatoms. The molecule has 0 aromatic heterocycles. The minimum absolute atomic E-state index is 0.0696. The van der Waals surface area contributed by atoms with Crippen molar-refractivity contribution in [2.75, 3.05) is 0 Å². The topological polar surface area (TPSA) is 17.1 Å². The molecule has 0 aliphatic rings. The van der Waals surface area contributed by atoms with Crippen molar-refractivity contribution in [3.63, 3.8) is 0 Å². The first-order chi connectivity index (χ1) is 9.47. The number of ketones is 1. The van der Waals surface area contributed by atoms with E-state index in [-0.39, 0.29) is 11.0 Å². The van der Waals surface area contributed by atoms with E-state index in [2.05, 4.69) is 38.1 Å². The fourth-order valence-electron chi connectivity index (χ4n) is 2.00. The monoisotopic (exact) mass is 284 g/mol. The minimum Gasteiger partial charge on any atom is -0.293 e. The maximum Gasteiger partial charge on any atom is 0.175 e. The minimum atomic E-state index is -0.0696. The summed E-state index contributed by atoms with van der Waals surface area (Å²) in [5.74, 6) is 0.193. The van der Waals surface area contributed by atoms with E-state index >= 15 is 0 Å². The fourth-order valence-corrected chi connectivity index (χ4v) is 2.95. The maximum atomic E-state index is 12.5. The summed E-state index contributed by atoms with van der Waals surface area (Å²) in [6.07, 6.45) is 0. The summed E-state index contributed by atoms with van der Waals surface area (Å²) in [5.41, 5.74) is 4.44. The Morgan fingerprint density at radius 3 is 2.20 bits per heavy atom. The molecule has 104 valence electrons. The predicted octanol–water partition coefficient (Wildman–Crippen LogP) is 4.98. The predicted molar refractivity (Wildman–Crippen MR) is 86.7 cm³/mol. The summed E-state index contributed by atoms with van der Waals surface area (Å²) in [6, 6.07) is 14.2. The van der Waals surface area contributed by atoms with Gasteiger partial charge in [-0.3, -0.25) is 4.79 Å². The highest BCUT2D eigenvalue weighted by Crippen LogP contribution is 2.26. The average Bonchev–Trinajstić information content (AvgIpc) is 2.43. The van der Waals surface area contributed by atoms with Crippen LogP contribution in [0.25, 0.3) is 0 Å². The fraction of sp³-hybridized carbons (Fsp3) is 0.278. The second-order valence-electron chi connectivity index (χ2n) is 5.24. The normalized spacial score (nSPS) is 12.2. The van der Waals surface area contributed by atoms with E-state index in [4.69, 9.17) is 0 Å². The zero-order chi connectivity index (χ0) is 14.7. The highest BCUT2D eigenvalue weighted by molar-refractivity contribution is 8.00. The Balaban J connectivity index is 2.11. The van der Waals surface area contributed by atoms with Crippen molar-refractivity contribution in [1.82, 2.24) is 0 Å². The van der Waals surface area contributed by atoms with E-state index in [1.54, 1.807) is 11.8 Å². The average molecular weight is 284 g/mol. The molecule has 0 N–H and O–H groups in total. The van der Waals surface area contributed by atoms with Gasteiger partial charge < -0.3 is 0 Å². The van der Waals surface area contributed by atoms with Gasteiger partial charge in [0.15, 0.2) is 5.78 Å². The van der Waals surface area contributed by atoms with Crippen molar-refractivity contribution in [2.24, 2.45) is 0 Å². The van der Waals surface area contributed by atoms with Gasteiger partial charge in [-0.1, -0.05) is 29.8 Å².